The number of benzene rings is 2. The molecule has 5 rings (SSSR count). The van der Waals surface area contributed by atoms with Crippen LogP contribution >= 0.6 is 0 Å². The van der Waals surface area contributed by atoms with Crippen LogP contribution in [-0.2, 0) is 30.4 Å². The third kappa shape index (κ3) is 5.48. The van der Waals surface area contributed by atoms with Crippen LogP contribution in [0.3, 0.4) is 0 Å². The standard InChI is InChI=1S/C28H30N4O8/c1-18-23-29-21-11-6-5-10-20(21)24(33)32(23)31-17-28(31,26(36)39-15-14-38-18)13-7-12-22(25(34)35)30-27(37)40-16-19-8-3-2-4-9-19/h2-6,8-11,18,22H,7,12-17H2,1H3,(H,30,37)(H,34,35)/t18-,22-,28-,31?/m0/s1. The molecule has 0 saturated carbocycles. The number of carbonyl (C=O) groups is 3. The molecule has 3 aromatic rings. The Balaban J connectivity index is 1.31. The second-order valence-electron chi connectivity index (χ2n) is 9.83. The number of hydrogen-bond donors (Lipinski definition) is 2. The minimum atomic E-state index is -1.23. The number of alkyl carbamates (subject to hydrolysis) is 1. The van der Waals surface area contributed by atoms with Crippen LogP contribution in [0.4, 0.5) is 4.79 Å². The zero-order valence-electron chi connectivity index (χ0n) is 21.9. The second kappa shape index (κ2) is 11.3. The molecule has 12 heteroatoms. The number of cyclic esters (lactones) is 1. The first-order valence-electron chi connectivity index (χ1n) is 13.1. The van der Waals surface area contributed by atoms with E-state index in [1.54, 1.807) is 60.5 Å². The Morgan fingerprint density at radius 1 is 1.15 bits per heavy atom. The van der Waals surface area contributed by atoms with E-state index in [-0.39, 0.29) is 51.2 Å². The highest BCUT2D eigenvalue weighted by Crippen LogP contribution is 2.38. The lowest BCUT2D eigenvalue weighted by atomic mass is 9.99. The van der Waals surface area contributed by atoms with Crippen molar-refractivity contribution in [2.75, 3.05) is 24.8 Å². The predicted octanol–water partition coefficient (Wildman–Crippen LogP) is 2.27. The molecule has 2 aliphatic heterocycles. The van der Waals surface area contributed by atoms with E-state index in [2.05, 4.69) is 10.3 Å². The van der Waals surface area contributed by atoms with Crippen molar-refractivity contribution < 1.29 is 33.7 Å². The van der Waals surface area contributed by atoms with Gasteiger partial charge in [0, 0.05) is 0 Å². The average molecular weight is 551 g/mol. The molecule has 12 nitrogen and oxygen atoms in total. The number of carboxylic acid groups (broad SMARTS) is 1. The first-order chi connectivity index (χ1) is 19.3. The van der Waals surface area contributed by atoms with Crippen molar-refractivity contribution in [2.45, 2.75) is 50.5 Å². The first-order valence-corrected chi connectivity index (χ1v) is 13.1. The van der Waals surface area contributed by atoms with E-state index >= 15 is 0 Å². The van der Waals surface area contributed by atoms with Gasteiger partial charge in [-0.1, -0.05) is 42.5 Å². The van der Waals surface area contributed by atoms with Gasteiger partial charge in [0.2, 0.25) is 0 Å². The molecule has 0 bridgehead atoms. The third-order valence-electron chi connectivity index (χ3n) is 7.14. The molecule has 1 fully saturated rings. The highest BCUT2D eigenvalue weighted by Gasteiger charge is 2.61. The Labute approximate surface area is 229 Å². The number of para-hydroxylation sites is 1. The minimum absolute atomic E-state index is 0.00192. The topological polar surface area (TPSA) is 149 Å². The van der Waals surface area contributed by atoms with Crippen LogP contribution in [0.2, 0.25) is 0 Å². The number of hydrogen-bond acceptors (Lipinski definition) is 9. The number of aliphatic carboxylic acids is 1. The van der Waals surface area contributed by atoms with Crippen molar-refractivity contribution in [3.63, 3.8) is 0 Å². The summed E-state index contributed by atoms with van der Waals surface area (Å²) in [5, 5.41) is 14.1. The van der Waals surface area contributed by atoms with Gasteiger partial charge in [0.25, 0.3) is 5.56 Å². The van der Waals surface area contributed by atoms with Gasteiger partial charge in [-0.15, -0.1) is 0 Å². The van der Waals surface area contributed by atoms with Crippen LogP contribution in [0.15, 0.2) is 59.4 Å². The molecule has 3 heterocycles. The SMILES string of the molecule is C[C@@H]1OCCOC(=O)[C@]2(CCC[C@H](NC(=O)OCc3ccccc3)C(=O)O)CN2n2c1nc1ccccc1c2=O. The number of aromatic nitrogens is 2. The first kappa shape index (κ1) is 27.1. The summed E-state index contributed by atoms with van der Waals surface area (Å²) in [5.74, 6) is -1.39. The Kier molecular flexibility index (Phi) is 7.69. The largest absolute Gasteiger partial charge is 0.480 e. The lowest BCUT2D eigenvalue weighted by Gasteiger charge is -2.25. The number of amides is 1. The molecule has 3 atom stereocenters. The number of esters is 1. The van der Waals surface area contributed by atoms with Gasteiger partial charge in [-0.3, -0.25) is 9.80 Å². The normalized spacial score (nSPS) is 21.0. The van der Waals surface area contributed by atoms with E-state index < -0.39 is 35.7 Å². The van der Waals surface area contributed by atoms with E-state index in [0.717, 1.165) is 5.56 Å². The molecule has 0 unspecified atom stereocenters. The fourth-order valence-electron chi connectivity index (χ4n) is 4.92. The molecule has 1 aromatic heterocycles. The highest BCUT2D eigenvalue weighted by atomic mass is 16.6. The van der Waals surface area contributed by atoms with Crippen LogP contribution < -0.4 is 15.9 Å². The summed E-state index contributed by atoms with van der Waals surface area (Å²) in [7, 11) is 0. The molecule has 1 saturated heterocycles. The van der Waals surface area contributed by atoms with Crippen molar-refractivity contribution in [3.8, 4) is 0 Å². The van der Waals surface area contributed by atoms with Crippen LogP contribution in [-0.4, -0.2) is 64.1 Å². The van der Waals surface area contributed by atoms with Crippen LogP contribution in [0.25, 0.3) is 10.9 Å². The van der Waals surface area contributed by atoms with Crippen molar-refractivity contribution in [2.24, 2.45) is 0 Å². The molecule has 0 radical (unpaired) electrons. The van der Waals surface area contributed by atoms with Crippen molar-refractivity contribution in [1.29, 1.82) is 0 Å². The molecule has 2 aromatic carbocycles. The van der Waals surface area contributed by atoms with E-state index in [1.807, 2.05) is 6.07 Å². The van der Waals surface area contributed by atoms with Gasteiger partial charge in [0.1, 0.15) is 25.4 Å². The molecule has 40 heavy (non-hydrogen) atoms. The number of fused-ring (bicyclic) bond motifs is 4. The molecule has 1 amide bonds. The summed E-state index contributed by atoms with van der Waals surface area (Å²) >= 11 is 0. The Morgan fingerprint density at radius 3 is 2.67 bits per heavy atom. The maximum Gasteiger partial charge on any atom is 0.408 e. The van der Waals surface area contributed by atoms with E-state index in [9.17, 15) is 24.3 Å². The van der Waals surface area contributed by atoms with Gasteiger partial charge in [-0.2, -0.15) is 0 Å². The number of carboxylic acids is 1. The van der Waals surface area contributed by atoms with Gasteiger partial charge in [-0.25, -0.2) is 24.0 Å². The fraction of sp³-hybridized carbons (Fsp3) is 0.393. The fourth-order valence-corrected chi connectivity index (χ4v) is 4.92. The van der Waals surface area contributed by atoms with Gasteiger partial charge in [0.15, 0.2) is 11.4 Å². The van der Waals surface area contributed by atoms with E-state index in [4.69, 9.17) is 14.2 Å². The zero-order chi connectivity index (χ0) is 28.3. The smallest absolute Gasteiger partial charge is 0.408 e. The molecule has 2 N–H and O–H groups in total. The van der Waals surface area contributed by atoms with Gasteiger partial charge in [0.05, 0.1) is 24.1 Å². The predicted molar refractivity (Wildman–Crippen MR) is 142 cm³/mol. The summed E-state index contributed by atoms with van der Waals surface area (Å²) in [5.41, 5.74) is -0.214. The zero-order valence-corrected chi connectivity index (χ0v) is 21.9. The van der Waals surface area contributed by atoms with Crippen molar-refractivity contribution >= 4 is 28.9 Å². The Morgan fingerprint density at radius 2 is 1.90 bits per heavy atom. The van der Waals surface area contributed by atoms with Gasteiger partial charge in [-0.05, 0) is 43.9 Å². The average Bonchev–Trinajstić information content (AvgIpc) is 3.68. The van der Waals surface area contributed by atoms with E-state index in [1.165, 1.54) is 4.68 Å². The number of rotatable bonds is 8. The summed E-state index contributed by atoms with van der Waals surface area (Å²) in [6.07, 6.45) is -0.915. The molecular weight excluding hydrogens is 520 g/mol. The Bertz CT molecular complexity index is 1480. The molecule has 0 spiro atoms. The maximum atomic E-state index is 13.6. The van der Waals surface area contributed by atoms with Gasteiger partial charge >= 0.3 is 18.0 Å². The molecular formula is C28H30N4O8. The van der Waals surface area contributed by atoms with Crippen LogP contribution in [0, 0.1) is 0 Å². The number of carbonyl (C=O) groups excluding carboxylic acids is 2. The lowest BCUT2D eigenvalue weighted by molar-refractivity contribution is -0.149. The number of nitrogens with zero attached hydrogens (tertiary/aromatic N) is 3. The summed E-state index contributed by atoms with van der Waals surface area (Å²) in [4.78, 5) is 55.5. The molecule has 0 aliphatic carbocycles. The molecule has 210 valence electrons. The third-order valence-corrected chi connectivity index (χ3v) is 7.14. The lowest BCUT2D eigenvalue weighted by Crippen LogP contribution is -2.44. The van der Waals surface area contributed by atoms with Crippen LogP contribution in [0.5, 0.6) is 0 Å². The summed E-state index contributed by atoms with van der Waals surface area (Å²) in [6.45, 7) is 2.13. The van der Waals surface area contributed by atoms with Gasteiger partial charge < -0.3 is 24.6 Å². The Hall–Kier alpha value is -4.45. The number of nitrogens with one attached hydrogen (secondary N) is 1. The highest BCUT2D eigenvalue weighted by molar-refractivity contribution is 5.89. The second-order valence-corrected chi connectivity index (χ2v) is 9.83. The molecule has 2 aliphatic rings. The summed E-state index contributed by atoms with van der Waals surface area (Å²) < 4.78 is 17.8. The van der Waals surface area contributed by atoms with Crippen LogP contribution in [0.1, 0.15) is 43.7 Å². The minimum Gasteiger partial charge on any atom is -0.480 e. The number of ether oxygens (including phenoxy) is 3. The van der Waals surface area contributed by atoms with E-state index in [0.29, 0.717) is 16.7 Å². The van der Waals surface area contributed by atoms with Crippen molar-refractivity contribution in [1.82, 2.24) is 15.0 Å². The maximum absolute atomic E-state index is 13.6. The monoisotopic (exact) mass is 550 g/mol. The van der Waals surface area contributed by atoms with Crippen molar-refractivity contribution in [3.05, 3.63) is 76.3 Å². The summed E-state index contributed by atoms with van der Waals surface area (Å²) in [6, 6.07) is 14.7. The quantitative estimate of drug-likeness (QED) is 0.316.